The van der Waals surface area contributed by atoms with Gasteiger partial charge in [0.25, 0.3) is 0 Å². The Bertz CT molecular complexity index is 1370. The van der Waals surface area contributed by atoms with Crippen LogP contribution >= 0.6 is 23.2 Å². The number of aryl methyl sites for hydroxylation is 1. The van der Waals surface area contributed by atoms with Crippen molar-refractivity contribution in [3.05, 3.63) is 97.8 Å². The first-order valence-corrected chi connectivity index (χ1v) is 11.3. The maximum atomic E-state index is 12.3. The molecule has 4 aromatic rings. The molecule has 0 spiro atoms. The SMILES string of the molecule is Cc1c2c(cc3c(-c4ccccc4)cc(=O)oc13)C[NH+](CCc1ccc(Cl)cc1Cl)CO2. The summed E-state index contributed by atoms with van der Waals surface area (Å²) in [5.41, 5.74) is 5.16. The van der Waals surface area contributed by atoms with E-state index in [1.807, 2.05) is 49.4 Å². The van der Waals surface area contributed by atoms with Crippen LogP contribution in [-0.4, -0.2) is 13.3 Å². The van der Waals surface area contributed by atoms with Gasteiger partial charge in [0.05, 0.1) is 6.54 Å². The molecule has 0 saturated heterocycles. The Morgan fingerprint density at radius 3 is 2.62 bits per heavy atom. The third-order valence-corrected chi connectivity index (χ3v) is 6.59. The van der Waals surface area contributed by atoms with Gasteiger partial charge < -0.3 is 9.15 Å². The van der Waals surface area contributed by atoms with Crippen molar-refractivity contribution >= 4 is 34.2 Å². The average Bonchev–Trinajstić information content (AvgIpc) is 2.79. The Hall–Kier alpha value is -2.79. The number of ether oxygens (including phenoxy) is 1. The number of nitrogens with one attached hydrogen (secondary N) is 1. The van der Waals surface area contributed by atoms with E-state index in [-0.39, 0.29) is 5.63 Å². The van der Waals surface area contributed by atoms with Crippen molar-refractivity contribution in [2.45, 2.75) is 19.9 Å². The van der Waals surface area contributed by atoms with Crippen molar-refractivity contribution in [2.75, 3.05) is 13.3 Å². The molecule has 6 heteroatoms. The molecule has 1 atom stereocenters. The summed E-state index contributed by atoms with van der Waals surface area (Å²) in [6, 6.07) is 19.2. The minimum Gasteiger partial charge on any atom is -0.444 e. The molecule has 1 aliphatic heterocycles. The lowest BCUT2D eigenvalue weighted by Gasteiger charge is -2.28. The Kier molecular flexibility index (Phi) is 5.68. The molecule has 4 nitrogen and oxygen atoms in total. The summed E-state index contributed by atoms with van der Waals surface area (Å²) in [7, 11) is 0. The molecule has 0 radical (unpaired) electrons. The number of hydrogen-bond acceptors (Lipinski definition) is 3. The molecule has 0 bridgehead atoms. The van der Waals surface area contributed by atoms with Crippen LogP contribution in [0.3, 0.4) is 0 Å². The Morgan fingerprint density at radius 2 is 1.84 bits per heavy atom. The van der Waals surface area contributed by atoms with E-state index in [2.05, 4.69) is 6.07 Å². The predicted molar refractivity (Wildman–Crippen MR) is 128 cm³/mol. The number of quaternary nitrogens is 1. The quantitative estimate of drug-likeness (QED) is 0.427. The zero-order chi connectivity index (χ0) is 22.2. The van der Waals surface area contributed by atoms with E-state index in [0.29, 0.717) is 22.4 Å². The van der Waals surface area contributed by atoms with Crippen LogP contribution in [0.25, 0.3) is 22.1 Å². The van der Waals surface area contributed by atoms with Crippen molar-refractivity contribution in [3.63, 3.8) is 0 Å². The summed E-state index contributed by atoms with van der Waals surface area (Å²) in [6.45, 7) is 4.21. The fraction of sp³-hybridized carbons (Fsp3) is 0.192. The summed E-state index contributed by atoms with van der Waals surface area (Å²) < 4.78 is 11.8. The smallest absolute Gasteiger partial charge is 0.336 e. The third kappa shape index (κ3) is 4.02. The summed E-state index contributed by atoms with van der Waals surface area (Å²) in [5.74, 6) is 0.819. The normalized spacial score (nSPS) is 15.4. The van der Waals surface area contributed by atoms with E-state index in [4.69, 9.17) is 32.4 Å². The van der Waals surface area contributed by atoms with Gasteiger partial charge in [-0.05, 0) is 41.8 Å². The van der Waals surface area contributed by atoms with E-state index in [9.17, 15) is 4.79 Å². The lowest BCUT2D eigenvalue weighted by Crippen LogP contribution is -3.12. The minimum absolute atomic E-state index is 0.359. The van der Waals surface area contributed by atoms with Crippen molar-refractivity contribution in [1.82, 2.24) is 0 Å². The minimum atomic E-state index is -0.359. The summed E-state index contributed by atoms with van der Waals surface area (Å²) in [4.78, 5) is 13.6. The number of benzene rings is 3. The first kappa shape index (κ1) is 21.1. The van der Waals surface area contributed by atoms with E-state index < -0.39 is 0 Å². The summed E-state index contributed by atoms with van der Waals surface area (Å²) >= 11 is 12.4. The molecule has 0 aliphatic carbocycles. The monoisotopic (exact) mass is 466 g/mol. The maximum absolute atomic E-state index is 12.3. The van der Waals surface area contributed by atoms with Crippen molar-refractivity contribution in [2.24, 2.45) is 0 Å². The standard InChI is InChI=1S/C26H21Cl2NO3/c1-16-25-19(14-29(15-31-25)10-9-18-7-8-20(27)12-23(18)28)11-22-21(13-24(30)32-26(16)22)17-5-3-2-4-6-17/h2-8,11-13H,9-10,14-15H2,1H3/p+1. The van der Waals surface area contributed by atoms with Gasteiger partial charge >= 0.3 is 5.63 Å². The van der Waals surface area contributed by atoms with E-state index in [1.54, 1.807) is 12.1 Å². The molecule has 0 saturated carbocycles. The van der Waals surface area contributed by atoms with E-state index in [1.165, 1.54) is 4.90 Å². The number of rotatable bonds is 4. The fourth-order valence-corrected chi connectivity index (χ4v) is 4.89. The molecule has 5 rings (SSSR count). The van der Waals surface area contributed by atoms with Gasteiger partial charge in [0.1, 0.15) is 17.9 Å². The first-order chi connectivity index (χ1) is 15.5. The van der Waals surface area contributed by atoms with Crippen LogP contribution in [0.2, 0.25) is 10.0 Å². The Balaban J connectivity index is 1.48. The molecule has 0 fully saturated rings. The lowest BCUT2D eigenvalue weighted by molar-refractivity contribution is -0.932. The highest BCUT2D eigenvalue weighted by Gasteiger charge is 2.25. The molecule has 1 aromatic heterocycles. The van der Waals surface area contributed by atoms with Gasteiger partial charge in [0.15, 0.2) is 0 Å². The van der Waals surface area contributed by atoms with Crippen LogP contribution in [0.1, 0.15) is 16.7 Å². The van der Waals surface area contributed by atoms with Crippen LogP contribution in [-0.2, 0) is 13.0 Å². The zero-order valence-electron chi connectivity index (χ0n) is 17.6. The zero-order valence-corrected chi connectivity index (χ0v) is 19.1. The molecular formula is C26H22Cl2NO3+. The van der Waals surface area contributed by atoms with Gasteiger partial charge in [0.2, 0.25) is 6.73 Å². The van der Waals surface area contributed by atoms with Crippen LogP contribution in [0, 0.1) is 6.92 Å². The van der Waals surface area contributed by atoms with Crippen LogP contribution in [0.5, 0.6) is 5.75 Å². The highest BCUT2D eigenvalue weighted by atomic mass is 35.5. The summed E-state index contributed by atoms with van der Waals surface area (Å²) in [5, 5.41) is 2.27. The molecule has 0 amide bonds. The summed E-state index contributed by atoms with van der Waals surface area (Å²) in [6.07, 6.45) is 0.834. The molecule has 1 unspecified atom stereocenters. The van der Waals surface area contributed by atoms with Crippen molar-refractivity contribution in [3.8, 4) is 16.9 Å². The number of halogens is 2. The van der Waals surface area contributed by atoms with Gasteiger partial charge in [-0.2, -0.15) is 0 Å². The molecular weight excluding hydrogens is 445 g/mol. The van der Waals surface area contributed by atoms with Gasteiger partial charge in [-0.3, -0.25) is 4.90 Å². The largest absolute Gasteiger partial charge is 0.444 e. The van der Waals surface area contributed by atoms with Gasteiger partial charge in [-0.25, -0.2) is 4.79 Å². The molecule has 32 heavy (non-hydrogen) atoms. The topological polar surface area (TPSA) is 43.9 Å². The van der Waals surface area contributed by atoms with Gasteiger partial charge in [-0.15, -0.1) is 0 Å². The van der Waals surface area contributed by atoms with Crippen LogP contribution in [0.15, 0.2) is 69.9 Å². The second kappa shape index (κ2) is 8.62. The van der Waals surface area contributed by atoms with Gasteiger partial charge in [-0.1, -0.05) is 59.6 Å². The molecule has 1 aliphatic rings. The van der Waals surface area contributed by atoms with Crippen LogP contribution in [0.4, 0.5) is 0 Å². The predicted octanol–water partition coefficient (Wildman–Crippen LogP) is 5.05. The van der Waals surface area contributed by atoms with E-state index >= 15 is 0 Å². The molecule has 162 valence electrons. The van der Waals surface area contributed by atoms with Gasteiger partial charge in [0, 0.05) is 39.0 Å². The molecule has 1 N–H and O–H groups in total. The van der Waals surface area contributed by atoms with E-state index in [0.717, 1.165) is 58.5 Å². The fourth-order valence-electron chi connectivity index (χ4n) is 4.39. The second-order valence-electron chi connectivity index (χ2n) is 8.16. The first-order valence-electron chi connectivity index (χ1n) is 10.6. The number of hydrogen-bond donors (Lipinski definition) is 1. The highest BCUT2D eigenvalue weighted by Crippen LogP contribution is 2.36. The average molecular weight is 467 g/mol. The second-order valence-corrected chi connectivity index (χ2v) is 9.01. The maximum Gasteiger partial charge on any atom is 0.336 e. The van der Waals surface area contributed by atoms with Crippen molar-refractivity contribution < 1.29 is 14.1 Å². The lowest BCUT2D eigenvalue weighted by atomic mass is 9.97. The van der Waals surface area contributed by atoms with Crippen molar-refractivity contribution in [1.29, 1.82) is 0 Å². The number of fused-ring (bicyclic) bond motifs is 2. The third-order valence-electron chi connectivity index (χ3n) is 6.00. The molecule has 2 heterocycles. The Morgan fingerprint density at radius 1 is 1.03 bits per heavy atom. The van der Waals surface area contributed by atoms with Crippen LogP contribution < -0.4 is 15.3 Å². The molecule has 3 aromatic carbocycles. The highest BCUT2D eigenvalue weighted by molar-refractivity contribution is 6.35. The Labute approximate surface area is 195 Å².